The number of hydrogen-bond donors (Lipinski definition) is 0. The van der Waals surface area contributed by atoms with Crippen LogP contribution in [0.1, 0.15) is 5.56 Å². The minimum Gasteiger partial charge on any atom is -0.340 e. The molecule has 0 radical (unpaired) electrons. The lowest BCUT2D eigenvalue weighted by Crippen LogP contribution is -2.50. The summed E-state index contributed by atoms with van der Waals surface area (Å²) in [6.45, 7) is 1.05. The van der Waals surface area contributed by atoms with Gasteiger partial charge in [0.2, 0.25) is 15.9 Å². The van der Waals surface area contributed by atoms with Gasteiger partial charge in [0, 0.05) is 41.2 Å². The molecule has 9 heteroatoms. The fourth-order valence-corrected chi connectivity index (χ4v) is 5.27. The standard InChI is InChI=1S/C18H17Cl3N2O3S/c19-14-10-15(20)12-16(11-14)27(25,26)23-7-5-22(6-8-23)18(24)9-13-3-1-2-4-17(13)21/h1-4,10-12H,5-9H2. The Labute approximate surface area is 173 Å². The van der Waals surface area contributed by atoms with Crippen molar-refractivity contribution in [3.05, 3.63) is 63.1 Å². The third-order valence-corrected chi connectivity index (χ3v) is 7.05. The van der Waals surface area contributed by atoms with Crippen LogP contribution in [0.15, 0.2) is 47.4 Å². The molecule has 0 aliphatic carbocycles. The van der Waals surface area contributed by atoms with Crippen molar-refractivity contribution in [1.29, 1.82) is 0 Å². The molecule has 3 rings (SSSR count). The molecule has 0 unspecified atom stereocenters. The summed E-state index contributed by atoms with van der Waals surface area (Å²) in [5.41, 5.74) is 0.757. The summed E-state index contributed by atoms with van der Waals surface area (Å²) in [6, 6.07) is 11.4. The Morgan fingerprint density at radius 3 is 2.11 bits per heavy atom. The van der Waals surface area contributed by atoms with Gasteiger partial charge in [0.15, 0.2) is 0 Å². The van der Waals surface area contributed by atoms with E-state index >= 15 is 0 Å². The fraction of sp³-hybridized carbons (Fsp3) is 0.278. The maximum Gasteiger partial charge on any atom is 0.243 e. The number of nitrogens with zero attached hydrogens (tertiary/aromatic N) is 2. The lowest BCUT2D eigenvalue weighted by molar-refractivity contribution is -0.131. The van der Waals surface area contributed by atoms with Crippen LogP contribution in [-0.2, 0) is 21.2 Å². The molecule has 1 amide bonds. The van der Waals surface area contributed by atoms with E-state index in [1.807, 2.05) is 18.2 Å². The first-order valence-electron chi connectivity index (χ1n) is 8.25. The molecule has 1 aliphatic heterocycles. The number of benzene rings is 2. The van der Waals surface area contributed by atoms with Gasteiger partial charge in [-0.3, -0.25) is 4.79 Å². The monoisotopic (exact) mass is 446 g/mol. The summed E-state index contributed by atoms with van der Waals surface area (Å²) in [5.74, 6) is -0.0778. The van der Waals surface area contributed by atoms with E-state index in [1.54, 1.807) is 11.0 Å². The second-order valence-corrected chi connectivity index (χ2v) is 9.38. The molecule has 1 heterocycles. The van der Waals surface area contributed by atoms with Gasteiger partial charge in [-0.25, -0.2) is 8.42 Å². The van der Waals surface area contributed by atoms with Gasteiger partial charge in [0.1, 0.15) is 0 Å². The van der Waals surface area contributed by atoms with E-state index in [1.165, 1.54) is 22.5 Å². The number of carbonyl (C=O) groups is 1. The predicted molar refractivity (Wildman–Crippen MR) is 107 cm³/mol. The summed E-state index contributed by atoms with van der Waals surface area (Å²) in [7, 11) is -3.72. The molecule has 5 nitrogen and oxygen atoms in total. The zero-order valence-electron chi connectivity index (χ0n) is 14.2. The minimum atomic E-state index is -3.72. The van der Waals surface area contributed by atoms with E-state index in [9.17, 15) is 13.2 Å². The number of carbonyl (C=O) groups excluding carboxylic acids is 1. The molecular formula is C18H17Cl3N2O3S. The van der Waals surface area contributed by atoms with Crippen LogP contribution in [0.3, 0.4) is 0 Å². The Morgan fingerprint density at radius 2 is 1.52 bits per heavy atom. The van der Waals surface area contributed by atoms with Crippen molar-refractivity contribution < 1.29 is 13.2 Å². The molecule has 2 aromatic rings. The average Bonchev–Trinajstić information content (AvgIpc) is 2.63. The zero-order chi connectivity index (χ0) is 19.6. The van der Waals surface area contributed by atoms with Crippen LogP contribution in [0.4, 0.5) is 0 Å². The first-order chi connectivity index (χ1) is 12.8. The van der Waals surface area contributed by atoms with E-state index in [2.05, 4.69) is 0 Å². The second-order valence-electron chi connectivity index (χ2n) is 6.16. The number of hydrogen-bond acceptors (Lipinski definition) is 3. The van der Waals surface area contributed by atoms with Crippen LogP contribution in [0.5, 0.6) is 0 Å². The Bertz CT molecular complexity index is 938. The predicted octanol–water partition coefficient (Wildman–Crippen LogP) is 3.72. The van der Waals surface area contributed by atoms with Crippen LogP contribution in [-0.4, -0.2) is 49.7 Å². The molecule has 0 bridgehead atoms. The SMILES string of the molecule is O=C(Cc1ccccc1Cl)N1CCN(S(=O)(=O)c2cc(Cl)cc(Cl)c2)CC1. The maximum absolute atomic E-state index is 12.8. The van der Waals surface area contributed by atoms with Gasteiger partial charge >= 0.3 is 0 Å². The molecule has 1 saturated heterocycles. The molecule has 144 valence electrons. The molecular weight excluding hydrogens is 431 g/mol. The summed E-state index contributed by atoms with van der Waals surface area (Å²) in [4.78, 5) is 14.2. The lowest BCUT2D eigenvalue weighted by Gasteiger charge is -2.34. The van der Waals surface area contributed by atoms with Gasteiger partial charge in [-0.1, -0.05) is 53.0 Å². The minimum absolute atomic E-state index is 0.0517. The maximum atomic E-state index is 12.8. The molecule has 27 heavy (non-hydrogen) atoms. The molecule has 0 spiro atoms. The highest BCUT2D eigenvalue weighted by Gasteiger charge is 2.30. The Balaban J connectivity index is 1.66. The molecule has 0 N–H and O–H groups in total. The molecule has 0 aromatic heterocycles. The normalized spacial score (nSPS) is 15.7. The average molecular weight is 448 g/mol. The highest BCUT2D eigenvalue weighted by molar-refractivity contribution is 7.89. The molecule has 1 aliphatic rings. The van der Waals surface area contributed by atoms with Crippen LogP contribution in [0, 0.1) is 0 Å². The van der Waals surface area contributed by atoms with E-state index in [0.29, 0.717) is 18.1 Å². The first kappa shape index (κ1) is 20.4. The van der Waals surface area contributed by atoms with Gasteiger partial charge in [0.25, 0.3) is 0 Å². The van der Waals surface area contributed by atoms with Crippen molar-refractivity contribution in [2.75, 3.05) is 26.2 Å². The Morgan fingerprint density at radius 1 is 0.926 bits per heavy atom. The third kappa shape index (κ3) is 4.76. The van der Waals surface area contributed by atoms with Crippen molar-refractivity contribution in [3.8, 4) is 0 Å². The fourth-order valence-electron chi connectivity index (χ4n) is 2.92. The molecule has 2 aromatic carbocycles. The van der Waals surface area contributed by atoms with Crippen molar-refractivity contribution in [2.24, 2.45) is 0 Å². The van der Waals surface area contributed by atoms with Gasteiger partial charge in [-0.15, -0.1) is 0 Å². The van der Waals surface area contributed by atoms with Gasteiger partial charge in [-0.05, 0) is 29.8 Å². The van der Waals surface area contributed by atoms with E-state index in [-0.39, 0.29) is 40.4 Å². The van der Waals surface area contributed by atoms with Crippen LogP contribution in [0.2, 0.25) is 15.1 Å². The first-order valence-corrected chi connectivity index (χ1v) is 10.8. The Kier molecular flexibility index (Phi) is 6.33. The third-order valence-electron chi connectivity index (χ3n) is 4.36. The van der Waals surface area contributed by atoms with E-state index < -0.39 is 10.0 Å². The largest absolute Gasteiger partial charge is 0.340 e. The summed E-state index contributed by atoms with van der Waals surface area (Å²) in [5, 5.41) is 1.06. The molecule has 1 fully saturated rings. The van der Waals surface area contributed by atoms with Crippen LogP contribution < -0.4 is 0 Å². The number of halogens is 3. The van der Waals surface area contributed by atoms with Crippen molar-refractivity contribution in [1.82, 2.24) is 9.21 Å². The van der Waals surface area contributed by atoms with Crippen LogP contribution in [0.25, 0.3) is 0 Å². The summed E-state index contributed by atoms with van der Waals surface area (Å²) < 4.78 is 26.9. The number of piperazine rings is 1. The number of rotatable bonds is 4. The van der Waals surface area contributed by atoms with Crippen molar-refractivity contribution in [2.45, 2.75) is 11.3 Å². The topological polar surface area (TPSA) is 57.7 Å². The van der Waals surface area contributed by atoms with Crippen molar-refractivity contribution in [3.63, 3.8) is 0 Å². The zero-order valence-corrected chi connectivity index (χ0v) is 17.3. The quantitative estimate of drug-likeness (QED) is 0.718. The summed E-state index contributed by atoms with van der Waals surface area (Å²) >= 11 is 17.9. The number of sulfonamides is 1. The lowest BCUT2D eigenvalue weighted by atomic mass is 10.1. The van der Waals surface area contributed by atoms with Gasteiger partial charge in [-0.2, -0.15) is 4.31 Å². The summed E-state index contributed by atoms with van der Waals surface area (Å²) in [6.07, 6.45) is 0.191. The highest BCUT2D eigenvalue weighted by atomic mass is 35.5. The van der Waals surface area contributed by atoms with E-state index in [4.69, 9.17) is 34.8 Å². The highest BCUT2D eigenvalue weighted by Crippen LogP contribution is 2.25. The van der Waals surface area contributed by atoms with Gasteiger partial charge in [0.05, 0.1) is 11.3 Å². The number of amides is 1. The smallest absolute Gasteiger partial charge is 0.243 e. The van der Waals surface area contributed by atoms with Crippen LogP contribution >= 0.6 is 34.8 Å². The second kappa shape index (κ2) is 8.37. The van der Waals surface area contributed by atoms with Crippen molar-refractivity contribution >= 4 is 50.7 Å². The van der Waals surface area contributed by atoms with E-state index in [0.717, 1.165) is 5.56 Å². The molecule has 0 atom stereocenters. The van der Waals surface area contributed by atoms with Gasteiger partial charge < -0.3 is 4.90 Å². The Hall–Kier alpha value is -1.31. The molecule has 0 saturated carbocycles.